The molecule has 1 N–H and O–H groups in total. The van der Waals surface area contributed by atoms with E-state index in [0.717, 1.165) is 11.0 Å². The summed E-state index contributed by atoms with van der Waals surface area (Å²) in [7, 11) is -3.86. The summed E-state index contributed by atoms with van der Waals surface area (Å²) in [5, 5.41) is 0. The van der Waals surface area contributed by atoms with Crippen LogP contribution >= 0.6 is 0 Å². The second kappa shape index (κ2) is 6.44. The van der Waals surface area contributed by atoms with Crippen LogP contribution in [0.25, 0.3) is 11.2 Å². The number of fused-ring (bicyclic) bond motifs is 1. The van der Waals surface area contributed by atoms with E-state index < -0.39 is 16.3 Å². The average molecular weight is 384 g/mol. The van der Waals surface area contributed by atoms with Gasteiger partial charge in [0.05, 0.1) is 6.33 Å². The minimum absolute atomic E-state index is 0.0270. The second-order valence-corrected chi connectivity index (χ2v) is 18.1. The van der Waals surface area contributed by atoms with Crippen molar-refractivity contribution in [2.24, 2.45) is 0 Å². The molecule has 0 saturated carbocycles. The summed E-state index contributed by atoms with van der Waals surface area (Å²) in [5.74, 6) is 0.624. The normalized spacial score (nSPS) is 12.4. The number of hydrogen-bond acceptors (Lipinski definition) is 4. The lowest BCUT2D eigenvalue weighted by Gasteiger charge is -2.34. The van der Waals surface area contributed by atoms with Crippen molar-refractivity contribution < 1.29 is 4.79 Å². The van der Waals surface area contributed by atoms with Crippen LogP contribution in [0.3, 0.4) is 0 Å². The molecule has 3 rings (SSSR count). The third kappa shape index (κ3) is 3.47. The van der Waals surface area contributed by atoms with Crippen molar-refractivity contribution in [1.29, 1.82) is 0 Å². The maximum atomic E-state index is 13.4. The zero-order chi connectivity index (χ0) is 19.1. The van der Waals surface area contributed by atoms with Crippen LogP contribution in [0.2, 0.25) is 39.3 Å². The van der Waals surface area contributed by atoms with Crippen molar-refractivity contribution in [3.05, 3.63) is 42.2 Å². The van der Waals surface area contributed by atoms with Crippen LogP contribution in [0, 0.1) is 0 Å². The molecule has 0 fully saturated rings. The van der Waals surface area contributed by atoms with Gasteiger partial charge in [0, 0.05) is 5.56 Å². The number of benzene rings is 1. The monoisotopic (exact) mass is 383 g/mol. The van der Waals surface area contributed by atoms with Gasteiger partial charge in [-0.25, -0.2) is 15.0 Å². The number of nitrogens with one attached hydrogen (secondary N) is 1. The number of nitrogens with zero attached hydrogens (tertiary/aromatic N) is 4. The Morgan fingerprint density at radius 1 is 1.00 bits per heavy atom. The molecule has 136 valence electrons. The van der Waals surface area contributed by atoms with Gasteiger partial charge in [-0.1, -0.05) is 57.5 Å². The van der Waals surface area contributed by atoms with E-state index in [0.29, 0.717) is 17.0 Å². The zero-order valence-electron chi connectivity index (χ0n) is 16.2. The first-order valence-corrected chi connectivity index (χ1v) is 15.6. The third-order valence-electron chi connectivity index (χ3n) is 4.04. The summed E-state index contributed by atoms with van der Waals surface area (Å²) in [5.41, 5.74) is 2.82. The summed E-state index contributed by atoms with van der Waals surface area (Å²) in [6.07, 6.45) is 1.62. The standard InChI is InChI=1S/C18H25N5OSi2/c1-25(2,3)18-21-15-14(19-12-20-15)16(22-18)23(26(4,5)6)17(24)13-10-8-7-9-11-13/h7-12H,1-6H3,(H,19,20,21,22). The van der Waals surface area contributed by atoms with E-state index in [1.807, 2.05) is 34.9 Å². The van der Waals surface area contributed by atoms with Crippen LogP contribution in [-0.2, 0) is 0 Å². The van der Waals surface area contributed by atoms with Crippen LogP contribution < -0.4 is 10.0 Å². The molecule has 0 saturated heterocycles. The van der Waals surface area contributed by atoms with Crippen molar-refractivity contribution in [3.8, 4) is 0 Å². The third-order valence-corrected chi connectivity index (χ3v) is 7.37. The summed E-state index contributed by atoms with van der Waals surface area (Å²) in [6.45, 7) is 13.0. The largest absolute Gasteiger partial charge is 0.340 e. The predicted molar refractivity (Wildman–Crippen MR) is 111 cm³/mol. The van der Waals surface area contributed by atoms with Crippen molar-refractivity contribution in [3.63, 3.8) is 0 Å². The van der Waals surface area contributed by atoms with E-state index in [-0.39, 0.29) is 5.91 Å². The Balaban J connectivity index is 2.25. The maximum absolute atomic E-state index is 13.4. The number of rotatable bonds is 4. The fraction of sp³-hybridized carbons (Fsp3) is 0.333. The molecule has 1 aromatic carbocycles. The Kier molecular flexibility index (Phi) is 4.57. The predicted octanol–water partition coefficient (Wildman–Crippen LogP) is 3.38. The lowest BCUT2D eigenvalue weighted by molar-refractivity contribution is 0.100. The smallest absolute Gasteiger partial charge is 0.251 e. The quantitative estimate of drug-likeness (QED) is 0.701. The molecule has 8 heteroatoms. The average Bonchev–Trinajstić information content (AvgIpc) is 3.02. The molecule has 6 nitrogen and oxygen atoms in total. The number of anilines is 1. The molecule has 2 heterocycles. The van der Waals surface area contributed by atoms with E-state index in [9.17, 15) is 4.79 Å². The summed E-state index contributed by atoms with van der Waals surface area (Å²) >= 11 is 0. The van der Waals surface area contributed by atoms with Crippen molar-refractivity contribution in [1.82, 2.24) is 19.9 Å². The van der Waals surface area contributed by atoms with E-state index in [4.69, 9.17) is 4.98 Å². The van der Waals surface area contributed by atoms with Crippen LogP contribution in [0.15, 0.2) is 36.7 Å². The van der Waals surface area contributed by atoms with Gasteiger partial charge in [-0.2, -0.15) is 0 Å². The summed E-state index contributed by atoms with van der Waals surface area (Å²) in [6, 6.07) is 9.38. The molecule has 0 aliphatic heterocycles. The lowest BCUT2D eigenvalue weighted by atomic mass is 10.2. The number of H-pyrrole nitrogens is 1. The Morgan fingerprint density at radius 3 is 2.23 bits per heavy atom. The Hall–Kier alpha value is -2.33. The van der Waals surface area contributed by atoms with E-state index in [1.54, 1.807) is 6.33 Å². The van der Waals surface area contributed by atoms with Crippen molar-refractivity contribution in [2.45, 2.75) is 39.3 Å². The van der Waals surface area contributed by atoms with E-state index >= 15 is 0 Å². The molecular formula is C18H25N5OSi2. The highest BCUT2D eigenvalue weighted by molar-refractivity contribution is 6.87. The number of amides is 1. The zero-order valence-corrected chi connectivity index (χ0v) is 18.2. The number of carbonyl (C=O) groups excluding carboxylic acids is 1. The fourth-order valence-electron chi connectivity index (χ4n) is 2.74. The molecule has 1 amide bonds. The van der Waals surface area contributed by atoms with Gasteiger partial charge in [0.2, 0.25) is 0 Å². The van der Waals surface area contributed by atoms with Crippen LogP contribution in [0.1, 0.15) is 10.4 Å². The molecule has 0 unspecified atom stereocenters. The van der Waals surface area contributed by atoms with Crippen molar-refractivity contribution >= 4 is 44.6 Å². The minimum Gasteiger partial charge on any atom is -0.340 e. The van der Waals surface area contributed by atoms with Gasteiger partial charge in [-0.05, 0) is 12.1 Å². The van der Waals surface area contributed by atoms with Crippen LogP contribution in [-0.4, -0.2) is 42.2 Å². The number of hydrogen-bond donors (Lipinski definition) is 1. The fourth-order valence-corrected chi connectivity index (χ4v) is 5.16. The molecule has 0 atom stereocenters. The molecule has 0 aliphatic rings. The Morgan fingerprint density at radius 2 is 1.65 bits per heavy atom. The van der Waals surface area contributed by atoms with Gasteiger partial charge in [-0.15, -0.1) is 0 Å². The topological polar surface area (TPSA) is 74.8 Å². The molecule has 2 aromatic heterocycles. The van der Waals surface area contributed by atoms with Crippen molar-refractivity contribution in [2.75, 3.05) is 4.57 Å². The highest BCUT2D eigenvalue weighted by Gasteiger charge is 2.35. The summed E-state index contributed by atoms with van der Waals surface area (Å²) < 4.78 is 1.88. The first-order valence-electron chi connectivity index (χ1n) is 8.70. The molecule has 0 aliphatic carbocycles. The molecule has 26 heavy (non-hydrogen) atoms. The van der Waals surface area contributed by atoms with Gasteiger partial charge in [0.15, 0.2) is 19.7 Å². The first kappa shape index (κ1) is 18.5. The molecule has 0 bridgehead atoms. The SMILES string of the molecule is C[Si](C)(C)c1nc(N(C(=O)c2ccccc2)[Si](C)(C)C)c2[nH]cnc2n1. The molecule has 0 radical (unpaired) electrons. The molecule has 0 spiro atoms. The minimum atomic E-state index is -2.08. The van der Waals surface area contributed by atoms with Gasteiger partial charge < -0.3 is 9.55 Å². The summed E-state index contributed by atoms with van der Waals surface area (Å²) in [4.78, 5) is 30.4. The van der Waals surface area contributed by atoms with E-state index in [2.05, 4.69) is 54.2 Å². The van der Waals surface area contributed by atoms with Gasteiger partial charge in [-0.3, -0.25) is 4.79 Å². The number of aromatic nitrogens is 4. The number of aromatic amines is 1. The first-order chi connectivity index (χ1) is 12.1. The van der Waals surface area contributed by atoms with Crippen LogP contribution in [0.4, 0.5) is 5.82 Å². The van der Waals surface area contributed by atoms with Crippen LogP contribution in [0.5, 0.6) is 0 Å². The second-order valence-electron chi connectivity index (χ2n) is 8.40. The Bertz CT molecular complexity index is 942. The highest BCUT2D eigenvalue weighted by atomic mass is 28.3. The van der Waals surface area contributed by atoms with Gasteiger partial charge >= 0.3 is 0 Å². The van der Waals surface area contributed by atoms with Gasteiger partial charge in [0.1, 0.15) is 19.0 Å². The van der Waals surface area contributed by atoms with E-state index in [1.165, 1.54) is 0 Å². The highest BCUT2D eigenvalue weighted by Crippen LogP contribution is 2.27. The van der Waals surface area contributed by atoms with Gasteiger partial charge in [0.25, 0.3) is 5.91 Å². The molecule has 3 aromatic rings. The number of imidazole rings is 1. The maximum Gasteiger partial charge on any atom is 0.251 e. The molecular weight excluding hydrogens is 358 g/mol. The lowest BCUT2D eigenvalue weighted by Crippen LogP contribution is -2.52. The number of carbonyl (C=O) groups is 1. The Labute approximate surface area is 155 Å².